The van der Waals surface area contributed by atoms with Crippen molar-refractivity contribution >= 4 is 29.9 Å². The van der Waals surface area contributed by atoms with Crippen LogP contribution >= 0.6 is 24.0 Å². The molecule has 5 nitrogen and oxygen atoms in total. The summed E-state index contributed by atoms with van der Waals surface area (Å²) in [5.41, 5.74) is 0. The number of hydrogen-bond acceptors (Lipinski definition) is 3. The van der Waals surface area contributed by atoms with Crippen molar-refractivity contribution in [2.75, 3.05) is 59.9 Å². The molecule has 1 fully saturated rings. The normalized spacial score (nSPS) is 18.3. The SMILES string of the molecule is CCCCC(CC)CNC(=NC)NCCCN1CCCN(C)CC1.I. The molecular formula is C19H42IN5. The lowest BCUT2D eigenvalue weighted by Gasteiger charge is -2.21. The van der Waals surface area contributed by atoms with Crippen LogP contribution in [0.5, 0.6) is 0 Å². The van der Waals surface area contributed by atoms with Crippen molar-refractivity contribution < 1.29 is 0 Å². The van der Waals surface area contributed by atoms with E-state index in [1.165, 1.54) is 71.2 Å². The first kappa shape index (κ1) is 24.9. The van der Waals surface area contributed by atoms with Crippen LogP contribution in [0.1, 0.15) is 52.4 Å². The predicted molar refractivity (Wildman–Crippen MR) is 121 cm³/mol. The van der Waals surface area contributed by atoms with Crippen molar-refractivity contribution in [3.8, 4) is 0 Å². The Morgan fingerprint density at radius 1 is 1.08 bits per heavy atom. The van der Waals surface area contributed by atoms with Crippen LogP contribution in [0.2, 0.25) is 0 Å². The molecule has 150 valence electrons. The summed E-state index contributed by atoms with van der Waals surface area (Å²) in [6, 6.07) is 0. The Kier molecular flexibility index (Phi) is 16.1. The second-order valence-corrected chi connectivity index (χ2v) is 7.15. The molecule has 25 heavy (non-hydrogen) atoms. The summed E-state index contributed by atoms with van der Waals surface area (Å²) < 4.78 is 0. The summed E-state index contributed by atoms with van der Waals surface area (Å²) in [7, 11) is 4.09. The predicted octanol–water partition coefficient (Wildman–Crippen LogP) is 3.01. The lowest BCUT2D eigenvalue weighted by molar-refractivity contribution is 0.274. The summed E-state index contributed by atoms with van der Waals surface area (Å²) in [6.45, 7) is 12.7. The molecule has 1 unspecified atom stereocenters. The highest BCUT2D eigenvalue weighted by Crippen LogP contribution is 2.11. The number of guanidine groups is 1. The van der Waals surface area contributed by atoms with Gasteiger partial charge in [-0.25, -0.2) is 0 Å². The molecule has 0 aromatic heterocycles. The minimum Gasteiger partial charge on any atom is -0.356 e. The van der Waals surface area contributed by atoms with Crippen LogP contribution in [0.3, 0.4) is 0 Å². The monoisotopic (exact) mass is 467 g/mol. The highest BCUT2D eigenvalue weighted by atomic mass is 127. The third kappa shape index (κ3) is 12.0. The van der Waals surface area contributed by atoms with Gasteiger partial charge in [0.15, 0.2) is 5.96 Å². The Hall–Kier alpha value is -0.0800. The van der Waals surface area contributed by atoms with Gasteiger partial charge in [-0.3, -0.25) is 4.99 Å². The van der Waals surface area contributed by atoms with Gasteiger partial charge in [0.25, 0.3) is 0 Å². The van der Waals surface area contributed by atoms with Gasteiger partial charge < -0.3 is 20.4 Å². The molecule has 0 aliphatic carbocycles. The maximum atomic E-state index is 4.36. The van der Waals surface area contributed by atoms with Gasteiger partial charge >= 0.3 is 0 Å². The highest BCUT2D eigenvalue weighted by molar-refractivity contribution is 14.0. The number of aliphatic imine (C=N–C) groups is 1. The van der Waals surface area contributed by atoms with Crippen LogP contribution in [0.15, 0.2) is 4.99 Å². The zero-order chi connectivity index (χ0) is 17.6. The third-order valence-electron chi connectivity index (χ3n) is 5.08. The second-order valence-electron chi connectivity index (χ2n) is 7.15. The maximum absolute atomic E-state index is 4.36. The third-order valence-corrected chi connectivity index (χ3v) is 5.08. The maximum Gasteiger partial charge on any atom is 0.190 e. The van der Waals surface area contributed by atoms with Crippen LogP contribution < -0.4 is 10.6 Å². The van der Waals surface area contributed by atoms with E-state index in [0.717, 1.165) is 25.0 Å². The van der Waals surface area contributed by atoms with Gasteiger partial charge in [-0.05, 0) is 51.9 Å². The summed E-state index contributed by atoms with van der Waals surface area (Å²) >= 11 is 0. The van der Waals surface area contributed by atoms with E-state index >= 15 is 0 Å². The lowest BCUT2D eigenvalue weighted by Crippen LogP contribution is -2.41. The van der Waals surface area contributed by atoms with Gasteiger partial charge in [-0.15, -0.1) is 24.0 Å². The van der Waals surface area contributed by atoms with Crippen molar-refractivity contribution in [1.29, 1.82) is 0 Å². The topological polar surface area (TPSA) is 42.9 Å². The molecule has 0 bridgehead atoms. The van der Waals surface area contributed by atoms with E-state index in [1.807, 2.05) is 7.05 Å². The molecular weight excluding hydrogens is 425 g/mol. The minimum absolute atomic E-state index is 0. The Morgan fingerprint density at radius 3 is 2.56 bits per heavy atom. The first-order valence-corrected chi connectivity index (χ1v) is 10.0. The average molecular weight is 467 g/mol. The number of halogens is 1. The zero-order valence-electron chi connectivity index (χ0n) is 17.0. The van der Waals surface area contributed by atoms with Crippen LogP contribution in [0.25, 0.3) is 0 Å². The molecule has 0 saturated carbocycles. The van der Waals surface area contributed by atoms with E-state index in [9.17, 15) is 0 Å². The van der Waals surface area contributed by atoms with E-state index in [0.29, 0.717) is 0 Å². The lowest BCUT2D eigenvalue weighted by atomic mass is 9.99. The molecule has 1 heterocycles. The number of unbranched alkanes of at least 4 members (excludes halogenated alkanes) is 1. The first-order valence-electron chi connectivity index (χ1n) is 10.0. The number of likely N-dealkylation sites (N-methyl/N-ethyl adjacent to an activating group) is 1. The highest BCUT2D eigenvalue weighted by Gasteiger charge is 2.11. The van der Waals surface area contributed by atoms with Crippen LogP contribution in [0.4, 0.5) is 0 Å². The molecule has 1 saturated heterocycles. The molecule has 6 heteroatoms. The van der Waals surface area contributed by atoms with E-state index < -0.39 is 0 Å². The van der Waals surface area contributed by atoms with Crippen molar-refractivity contribution in [2.24, 2.45) is 10.9 Å². The quantitative estimate of drug-likeness (QED) is 0.224. The molecule has 1 rings (SSSR count). The first-order chi connectivity index (χ1) is 11.7. The van der Waals surface area contributed by atoms with Crippen molar-refractivity contribution in [3.63, 3.8) is 0 Å². The Balaban J connectivity index is 0.00000576. The minimum atomic E-state index is 0. The average Bonchev–Trinajstić information content (AvgIpc) is 2.81. The Bertz CT molecular complexity index is 338. The van der Waals surface area contributed by atoms with Gasteiger partial charge in [0.2, 0.25) is 0 Å². The molecule has 0 aromatic carbocycles. The van der Waals surface area contributed by atoms with E-state index in [1.54, 1.807) is 0 Å². The van der Waals surface area contributed by atoms with Gasteiger partial charge in [0.1, 0.15) is 0 Å². The van der Waals surface area contributed by atoms with Gasteiger partial charge in [0, 0.05) is 33.2 Å². The van der Waals surface area contributed by atoms with Crippen molar-refractivity contribution in [3.05, 3.63) is 0 Å². The van der Waals surface area contributed by atoms with Gasteiger partial charge in [-0.2, -0.15) is 0 Å². The van der Waals surface area contributed by atoms with Gasteiger partial charge in [0.05, 0.1) is 0 Å². The summed E-state index contributed by atoms with van der Waals surface area (Å²) in [5.74, 6) is 1.72. The van der Waals surface area contributed by atoms with E-state index in [4.69, 9.17) is 0 Å². The molecule has 1 atom stereocenters. The van der Waals surface area contributed by atoms with Crippen LogP contribution in [-0.2, 0) is 0 Å². The molecule has 0 radical (unpaired) electrons. The fourth-order valence-corrected chi connectivity index (χ4v) is 3.24. The molecule has 2 N–H and O–H groups in total. The van der Waals surface area contributed by atoms with Crippen LogP contribution in [0, 0.1) is 5.92 Å². The number of nitrogens with zero attached hydrogens (tertiary/aromatic N) is 3. The largest absolute Gasteiger partial charge is 0.356 e. The fraction of sp³-hybridized carbons (Fsp3) is 0.947. The zero-order valence-corrected chi connectivity index (χ0v) is 19.3. The van der Waals surface area contributed by atoms with E-state index in [-0.39, 0.29) is 24.0 Å². The molecule has 0 amide bonds. The summed E-state index contributed by atoms with van der Waals surface area (Å²) in [6.07, 6.45) is 7.65. The van der Waals surface area contributed by atoms with Crippen molar-refractivity contribution in [2.45, 2.75) is 52.4 Å². The van der Waals surface area contributed by atoms with Crippen LogP contribution in [-0.4, -0.2) is 75.7 Å². The van der Waals surface area contributed by atoms with E-state index in [2.05, 4.69) is 46.3 Å². The van der Waals surface area contributed by atoms with Crippen molar-refractivity contribution in [1.82, 2.24) is 20.4 Å². The molecule has 0 aromatic rings. The fourth-order valence-electron chi connectivity index (χ4n) is 3.24. The number of rotatable bonds is 10. The molecule has 1 aliphatic heterocycles. The molecule has 1 aliphatic rings. The Labute approximate surface area is 173 Å². The number of nitrogens with one attached hydrogen (secondary N) is 2. The van der Waals surface area contributed by atoms with Gasteiger partial charge in [-0.1, -0.05) is 33.1 Å². The number of hydrogen-bond donors (Lipinski definition) is 2. The smallest absolute Gasteiger partial charge is 0.190 e. The standard InChI is InChI=1S/C19H41N5.HI/c1-5-7-10-18(6-2)17-22-19(20-3)21-11-8-13-24-14-9-12-23(4)15-16-24;/h18H,5-17H2,1-4H3,(H2,20,21,22);1H. The molecule has 0 spiro atoms. The second kappa shape index (κ2) is 16.1. The Morgan fingerprint density at radius 2 is 1.88 bits per heavy atom. The summed E-state index contributed by atoms with van der Waals surface area (Å²) in [4.78, 5) is 9.39. The summed E-state index contributed by atoms with van der Waals surface area (Å²) in [5, 5.41) is 6.97.